The number of pyridine rings is 1. The molecule has 3 aliphatic heterocycles. The minimum atomic E-state index is -0.833. The van der Waals surface area contributed by atoms with E-state index in [0.717, 1.165) is 43.6 Å². The monoisotopic (exact) mass is 623 g/mol. The molecule has 1 aromatic carbocycles. The van der Waals surface area contributed by atoms with E-state index in [-0.39, 0.29) is 24.3 Å². The molecule has 6 rings (SSSR count). The third-order valence-corrected chi connectivity index (χ3v) is 8.52. The molecule has 226 valence electrons. The van der Waals surface area contributed by atoms with Gasteiger partial charge >= 0.3 is 0 Å². The Morgan fingerprint density at radius 1 is 1.14 bits per heavy atom. The second-order valence-corrected chi connectivity index (χ2v) is 12.3. The molecular formula is C30H33N5O6S2. The fraction of sp³-hybridized carbons (Fsp3) is 0.367. The Bertz CT molecular complexity index is 1680. The van der Waals surface area contributed by atoms with Gasteiger partial charge in [-0.2, -0.15) is 0 Å². The molecule has 2 saturated heterocycles. The van der Waals surface area contributed by atoms with Gasteiger partial charge in [-0.1, -0.05) is 36.1 Å². The fourth-order valence-electron chi connectivity index (χ4n) is 5.14. The number of carboxylic acids is 1. The summed E-state index contributed by atoms with van der Waals surface area (Å²) in [6.07, 6.45) is 3.40. The van der Waals surface area contributed by atoms with Crippen molar-refractivity contribution in [3.63, 3.8) is 0 Å². The van der Waals surface area contributed by atoms with E-state index in [1.54, 1.807) is 21.6 Å². The number of amides is 1. The largest absolute Gasteiger partial charge is 0.481 e. The van der Waals surface area contributed by atoms with Gasteiger partial charge in [0.05, 0.1) is 10.5 Å². The van der Waals surface area contributed by atoms with Gasteiger partial charge in [0, 0.05) is 51.9 Å². The van der Waals surface area contributed by atoms with Crippen LogP contribution in [0.1, 0.15) is 37.5 Å². The SMILES string of the molecule is CC(=O)O.Cc1cccn2c(=O)c(C=C3SC(=S)N(C(C)C)C3=O)c(N3CCN(Cc4ccc5c(c4)OCO5)CC3)nc12. The maximum Gasteiger partial charge on any atom is 0.300 e. The first-order valence-corrected chi connectivity index (χ1v) is 15.1. The quantitative estimate of drug-likeness (QED) is 0.331. The number of carboxylic acid groups (broad SMARTS) is 1. The van der Waals surface area contributed by atoms with Crippen molar-refractivity contribution in [1.82, 2.24) is 19.2 Å². The molecule has 0 bridgehead atoms. The molecule has 3 aliphatic rings. The van der Waals surface area contributed by atoms with Crippen molar-refractivity contribution >= 4 is 57.7 Å². The lowest BCUT2D eigenvalue weighted by molar-refractivity contribution is -0.134. The van der Waals surface area contributed by atoms with Gasteiger partial charge in [0.1, 0.15) is 15.8 Å². The Morgan fingerprint density at radius 3 is 2.51 bits per heavy atom. The summed E-state index contributed by atoms with van der Waals surface area (Å²) in [6, 6.07) is 9.79. The predicted octanol–water partition coefficient (Wildman–Crippen LogP) is 3.75. The third-order valence-electron chi connectivity index (χ3n) is 7.19. The lowest BCUT2D eigenvalue weighted by Gasteiger charge is -2.36. The fourth-order valence-corrected chi connectivity index (χ4v) is 6.64. The number of thiocarbonyl (C=S) groups is 1. The zero-order valence-corrected chi connectivity index (χ0v) is 26.0. The summed E-state index contributed by atoms with van der Waals surface area (Å²) in [4.78, 5) is 47.5. The number of ether oxygens (including phenoxy) is 2. The molecule has 5 heterocycles. The van der Waals surface area contributed by atoms with E-state index >= 15 is 0 Å². The van der Waals surface area contributed by atoms with Gasteiger partial charge in [0.25, 0.3) is 17.4 Å². The summed E-state index contributed by atoms with van der Waals surface area (Å²) in [7, 11) is 0. The number of aromatic nitrogens is 2. The molecule has 3 aromatic rings. The number of hydrogen-bond donors (Lipinski definition) is 1. The molecule has 43 heavy (non-hydrogen) atoms. The van der Waals surface area contributed by atoms with Gasteiger partial charge in [-0.05, 0) is 56.2 Å². The van der Waals surface area contributed by atoms with Crippen LogP contribution in [-0.4, -0.2) is 79.5 Å². The number of fused-ring (bicyclic) bond motifs is 2. The van der Waals surface area contributed by atoms with Crippen LogP contribution in [0.3, 0.4) is 0 Å². The van der Waals surface area contributed by atoms with Crippen LogP contribution in [0.5, 0.6) is 11.5 Å². The number of anilines is 1. The number of nitrogens with zero attached hydrogens (tertiary/aromatic N) is 5. The molecule has 11 nitrogen and oxygen atoms in total. The van der Waals surface area contributed by atoms with E-state index in [4.69, 9.17) is 36.6 Å². The second kappa shape index (κ2) is 12.7. The summed E-state index contributed by atoms with van der Waals surface area (Å²) < 4.78 is 13.0. The molecule has 0 aliphatic carbocycles. The molecule has 1 amide bonds. The molecule has 0 atom stereocenters. The van der Waals surface area contributed by atoms with Gasteiger partial charge < -0.3 is 19.5 Å². The zero-order chi connectivity index (χ0) is 30.8. The van der Waals surface area contributed by atoms with Gasteiger partial charge in [-0.15, -0.1) is 0 Å². The Morgan fingerprint density at radius 2 is 1.84 bits per heavy atom. The summed E-state index contributed by atoms with van der Waals surface area (Å²) in [6.45, 7) is 11.0. The van der Waals surface area contributed by atoms with E-state index in [2.05, 4.69) is 15.9 Å². The van der Waals surface area contributed by atoms with E-state index < -0.39 is 5.97 Å². The Hall–Kier alpha value is -3.94. The number of carbonyl (C=O) groups is 2. The molecule has 0 spiro atoms. The highest BCUT2D eigenvalue weighted by Gasteiger charge is 2.35. The first kappa shape index (κ1) is 30.5. The molecular weight excluding hydrogens is 590 g/mol. The number of rotatable bonds is 5. The number of hydrogen-bond acceptors (Lipinski definition) is 10. The third kappa shape index (κ3) is 6.53. The predicted molar refractivity (Wildman–Crippen MR) is 170 cm³/mol. The van der Waals surface area contributed by atoms with E-state index in [0.29, 0.717) is 39.3 Å². The van der Waals surface area contributed by atoms with Crippen LogP contribution in [0.2, 0.25) is 0 Å². The first-order valence-electron chi connectivity index (χ1n) is 13.9. The Balaban J connectivity index is 0.000000868. The summed E-state index contributed by atoms with van der Waals surface area (Å²) in [5.41, 5.74) is 2.91. The van der Waals surface area contributed by atoms with Crippen LogP contribution in [-0.2, 0) is 16.1 Å². The highest BCUT2D eigenvalue weighted by molar-refractivity contribution is 8.26. The lowest BCUT2D eigenvalue weighted by Crippen LogP contribution is -2.47. The van der Waals surface area contributed by atoms with Crippen LogP contribution in [0.4, 0.5) is 5.82 Å². The summed E-state index contributed by atoms with van der Waals surface area (Å²) in [5, 5.41) is 7.42. The number of benzene rings is 1. The average Bonchev–Trinajstić information content (AvgIpc) is 3.53. The normalized spacial score (nSPS) is 17.7. The van der Waals surface area contributed by atoms with E-state index in [1.165, 1.54) is 17.3 Å². The molecule has 13 heteroatoms. The van der Waals surface area contributed by atoms with Crippen molar-refractivity contribution in [3.05, 3.63) is 68.5 Å². The smallest absolute Gasteiger partial charge is 0.300 e. The Kier molecular flexibility index (Phi) is 9.04. The number of aliphatic carboxylic acids is 1. The lowest BCUT2D eigenvalue weighted by atomic mass is 10.1. The van der Waals surface area contributed by atoms with E-state index in [9.17, 15) is 9.59 Å². The van der Waals surface area contributed by atoms with Crippen molar-refractivity contribution in [1.29, 1.82) is 0 Å². The highest BCUT2D eigenvalue weighted by Crippen LogP contribution is 2.35. The average molecular weight is 624 g/mol. The number of carbonyl (C=O) groups excluding carboxylic acids is 1. The Labute approximate surface area is 258 Å². The van der Waals surface area contributed by atoms with Crippen molar-refractivity contribution in [3.8, 4) is 11.5 Å². The van der Waals surface area contributed by atoms with Gasteiger partial charge in [-0.25, -0.2) is 4.98 Å². The number of piperazine rings is 1. The van der Waals surface area contributed by atoms with Crippen molar-refractivity contribution in [2.45, 2.75) is 40.3 Å². The van der Waals surface area contributed by atoms with Gasteiger partial charge in [0.15, 0.2) is 11.5 Å². The van der Waals surface area contributed by atoms with Crippen LogP contribution in [0.15, 0.2) is 46.2 Å². The number of aryl methyl sites for hydroxylation is 1. The molecule has 0 radical (unpaired) electrons. The molecule has 2 aromatic heterocycles. The maximum absolute atomic E-state index is 13.8. The van der Waals surface area contributed by atoms with Crippen molar-refractivity contribution < 1.29 is 24.2 Å². The minimum absolute atomic E-state index is 0.0563. The zero-order valence-electron chi connectivity index (χ0n) is 24.4. The topological polar surface area (TPSA) is 117 Å². The highest BCUT2D eigenvalue weighted by atomic mass is 32.2. The van der Waals surface area contributed by atoms with Crippen molar-refractivity contribution in [2.75, 3.05) is 37.9 Å². The maximum atomic E-state index is 13.8. The van der Waals surface area contributed by atoms with Crippen LogP contribution < -0.4 is 19.9 Å². The second-order valence-electron chi connectivity index (χ2n) is 10.7. The molecule has 2 fully saturated rings. The summed E-state index contributed by atoms with van der Waals surface area (Å²) >= 11 is 6.70. The molecule has 0 unspecified atom stereocenters. The van der Waals surface area contributed by atoms with Gasteiger partial charge in [0.2, 0.25) is 6.79 Å². The number of thioether (sulfide) groups is 1. The van der Waals surface area contributed by atoms with Crippen LogP contribution in [0.25, 0.3) is 11.7 Å². The standard InChI is InChI=1S/C28H29N5O4S2.C2H4O2/c1-17(2)33-27(35)23(39-28(33)38)14-20-25(29-24-18(3)5-4-8-32(24)26(20)34)31-11-9-30(10-12-31)15-19-6-7-21-22(13-19)37-16-36-21;1-2(3)4/h4-8,13-14,17H,9-12,15-16H2,1-3H3;1H3,(H,3,4). The first-order chi connectivity index (χ1) is 20.5. The van der Waals surface area contributed by atoms with Crippen LogP contribution >= 0.6 is 24.0 Å². The summed E-state index contributed by atoms with van der Waals surface area (Å²) in [5.74, 6) is 1.17. The van der Waals surface area contributed by atoms with E-state index in [1.807, 2.05) is 45.0 Å². The molecule has 1 N–H and O–H groups in total. The minimum Gasteiger partial charge on any atom is -0.481 e. The molecule has 0 saturated carbocycles. The van der Waals surface area contributed by atoms with Crippen molar-refractivity contribution in [2.24, 2.45) is 0 Å². The van der Waals surface area contributed by atoms with Gasteiger partial charge in [-0.3, -0.25) is 28.6 Å². The van der Waals surface area contributed by atoms with Crippen LogP contribution in [0, 0.1) is 6.92 Å².